The molecule has 0 aliphatic rings. The minimum absolute atomic E-state index is 0.141. The van der Waals surface area contributed by atoms with E-state index in [-0.39, 0.29) is 5.82 Å². The molecule has 0 unspecified atom stereocenters. The van der Waals surface area contributed by atoms with Crippen LogP contribution in [0.1, 0.15) is 5.56 Å². The maximum absolute atomic E-state index is 14.0. The second-order valence-electron chi connectivity index (χ2n) is 4.09. The van der Waals surface area contributed by atoms with Gasteiger partial charge in [0.2, 0.25) is 0 Å². The molecule has 0 N–H and O–H groups in total. The summed E-state index contributed by atoms with van der Waals surface area (Å²) in [7, 11) is 0. The molecule has 0 atom stereocenters. The summed E-state index contributed by atoms with van der Waals surface area (Å²) in [6.07, 6.45) is 0. The first kappa shape index (κ1) is 11.8. The van der Waals surface area contributed by atoms with Gasteiger partial charge in [-0.2, -0.15) is 0 Å². The Bertz CT molecular complexity index is 686. The predicted octanol–water partition coefficient (Wildman–Crippen LogP) is 5.50. The second kappa shape index (κ2) is 4.75. The Morgan fingerprint density at radius 2 is 1.83 bits per heavy atom. The van der Waals surface area contributed by atoms with Crippen LogP contribution in [0.5, 0.6) is 0 Å². The number of halogens is 1. The largest absolute Gasteiger partial charge is 0.206 e. The van der Waals surface area contributed by atoms with Gasteiger partial charge in [-0.25, -0.2) is 4.39 Å². The van der Waals surface area contributed by atoms with Crippen molar-refractivity contribution in [3.05, 3.63) is 59.2 Å². The van der Waals surface area contributed by atoms with E-state index in [9.17, 15) is 4.39 Å². The van der Waals surface area contributed by atoms with Crippen molar-refractivity contribution in [2.24, 2.45) is 0 Å². The van der Waals surface area contributed by atoms with Gasteiger partial charge in [-0.05, 0) is 41.5 Å². The van der Waals surface area contributed by atoms with Gasteiger partial charge in [-0.1, -0.05) is 36.0 Å². The fourth-order valence-electron chi connectivity index (χ4n) is 1.88. The second-order valence-corrected chi connectivity index (χ2v) is 6.05. The molecule has 0 spiro atoms. The highest BCUT2D eigenvalue weighted by Crippen LogP contribution is 2.39. The van der Waals surface area contributed by atoms with Gasteiger partial charge >= 0.3 is 0 Å². The molecule has 3 aromatic rings. The fraction of sp³-hybridized carbons (Fsp3) is 0.0667. The Balaban J connectivity index is 2.13. The lowest BCUT2D eigenvalue weighted by molar-refractivity contribution is 0.606. The van der Waals surface area contributed by atoms with Crippen molar-refractivity contribution in [2.75, 3.05) is 0 Å². The van der Waals surface area contributed by atoms with Crippen molar-refractivity contribution in [1.29, 1.82) is 0 Å². The van der Waals surface area contributed by atoms with Crippen molar-refractivity contribution >= 4 is 33.2 Å². The van der Waals surface area contributed by atoms with Crippen molar-refractivity contribution < 1.29 is 4.39 Å². The molecule has 0 aliphatic carbocycles. The zero-order valence-corrected chi connectivity index (χ0v) is 11.4. The molecule has 0 nitrogen and oxygen atoms in total. The zero-order chi connectivity index (χ0) is 12.5. The highest BCUT2D eigenvalue weighted by atomic mass is 32.2. The summed E-state index contributed by atoms with van der Waals surface area (Å²) in [5, 5.41) is 3.24. The molecule has 2 aromatic carbocycles. The van der Waals surface area contributed by atoms with Crippen molar-refractivity contribution in [3.63, 3.8) is 0 Å². The lowest BCUT2D eigenvalue weighted by atomic mass is 10.2. The maximum Gasteiger partial charge on any atom is 0.138 e. The number of aryl methyl sites for hydroxylation is 1. The van der Waals surface area contributed by atoms with Crippen LogP contribution >= 0.6 is 23.1 Å². The Morgan fingerprint density at radius 1 is 1.06 bits per heavy atom. The summed E-state index contributed by atoms with van der Waals surface area (Å²) in [5.41, 5.74) is 1.21. The van der Waals surface area contributed by atoms with Crippen LogP contribution in [0.25, 0.3) is 10.1 Å². The molecule has 3 rings (SSSR count). The van der Waals surface area contributed by atoms with Gasteiger partial charge in [0.1, 0.15) is 5.82 Å². The Kier molecular flexibility index (Phi) is 3.10. The molecule has 0 amide bonds. The third kappa shape index (κ3) is 2.04. The number of rotatable bonds is 2. The number of thiophene rings is 1. The van der Waals surface area contributed by atoms with Gasteiger partial charge in [0.05, 0.1) is 9.60 Å². The van der Waals surface area contributed by atoms with E-state index in [4.69, 9.17) is 0 Å². The Labute approximate surface area is 113 Å². The molecule has 0 bridgehead atoms. The molecule has 0 radical (unpaired) electrons. The molecule has 0 fully saturated rings. The smallest absolute Gasteiger partial charge is 0.138 e. The predicted molar refractivity (Wildman–Crippen MR) is 77.1 cm³/mol. The van der Waals surface area contributed by atoms with E-state index in [2.05, 4.69) is 12.3 Å². The highest BCUT2D eigenvalue weighted by Gasteiger charge is 2.12. The van der Waals surface area contributed by atoms with Gasteiger partial charge in [-0.15, -0.1) is 11.3 Å². The summed E-state index contributed by atoms with van der Waals surface area (Å²) in [5.74, 6) is -0.141. The molecular formula is C15H11FS2. The summed E-state index contributed by atoms with van der Waals surface area (Å²) < 4.78 is 15.0. The average Bonchev–Trinajstić information content (AvgIpc) is 2.76. The van der Waals surface area contributed by atoms with Crippen LogP contribution in [0.3, 0.4) is 0 Å². The fourth-order valence-corrected chi connectivity index (χ4v) is 4.03. The van der Waals surface area contributed by atoms with Crippen LogP contribution in [0.4, 0.5) is 4.39 Å². The van der Waals surface area contributed by atoms with Crippen LogP contribution in [0, 0.1) is 12.7 Å². The third-order valence-electron chi connectivity index (χ3n) is 2.81. The molecule has 0 saturated carbocycles. The van der Waals surface area contributed by atoms with Gasteiger partial charge in [-0.3, -0.25) is 0 Å². The summed E-state index contributed by atoms with van der Waals surface area (Å²) in [6, 6.07) is 13.3. The molecule has 1 heterocycles. The first-order valence-electron chi connectivity index (χ1n) is 5.65. The topological polar surface area (TPSA) is 0 Å². The summed E-state index contributed by atoms with van der Waals surface area (Å²) in [4.78, 5) is 1.80. The van der Waals surface area contributed by atoms with Crippen LogP contribution in [-0.2, 0) is 0 Å². The van der Waals surface area contributed by atoms with E-state index < -0.39 is 0 Å². The molecule has 0 aliphatic heterocycles. The standard InChI is InChI=1S/C15H11FS2/c1-10-9-17-14-12(10)7-8-13(16)15(14)18-11-5-3-2-4-6-11/h2-9H,1H3. The Hall–Kier alpha value is -1.32. The first-order chi connectivity index (χ1) is 8.75. The third-order valence-corrected chi connectivity index (χ3v) is 5.18. The van der Waals surface area contributed by atoms with Crippen molar-refractivity contribution in [1.82, 2.24) is 0 Å². The number of hydrogen-bond donors (Lipinski definition) is 0. The molecule has 18 heavy (non-hydrogen) atoms. The van der Waals surface area contributed by atoms with E-state index >= 15 is 0 Å². The van der Waals surface area contributed by atoms with Crippen LogP contribution in [0.15, 0.2) is 57.6 Å². The summed E-state index contributed by atoms with van der Waals surface area (Å²) >= 11 is 3.11. The maximum atomic E-state index is 14.0. The van der Waals surface area contributed by atoms with Crippen LogP contribution in [-0.4, -0.2) is 0 Å². The van der Waals surface area contributed by atoms with Gasteiger partial charge < -0.3 is 0 Å². The molecule has 1 aromatic heterocycles. The lowest BCUT2D eigenvalue weighted by Gasteiger charge is -2.05. The van der Waals surface area contributed by atoms with Gasteiger partial charge in [0, 0.05) is 4.90 Å². The quantitative estimate of drug-likeness (QED) is 0.594. The van der Waals surface area contributed by atoms with E-state index in [0.717, 1.165) is 19.9 Å². The number of fused-ring (bicyclic) bond motifs is 1. The number of benzene rings is 2. The minimum Gasteiger partial charge on any atom is -0.206 e. The average molecular weight is 274 g/mol. The first-order valence-corrected chi connectivity index (χ1v) is 7.34. The van der Waals surface area contributed by atoms with E-state index in [1.807, 2.05) is 36.4 Å². The van der Waals surface area contributed by atoms with E-state index in [1.54, 1.807) is 17.4 Å². The lowest BCUT2D eigenvalue weighted by Crippen LogP contribution is -1.82. The van der Waals surface area contributed by atoms with Crippen molar-refractivity contribution in [3.8, 4) is 0 Å². The zero-order valence-electron chi connectivity index (χ0n) is 9.81. The van der Waals surface area contributed by atoms with Crippen molar-refractivity contribution in [2.45, 2.75) is 16.7 Å². The molecular weight excluding hydrogens is 263 g/mol. The molecule has 3 heteroatoms. The van der Waals surface area contributed by atoms with Crippen LogP contribution < -0.4 is 0 Å². The SMILES string of the molecule is Cc1csc2c(Sc3ccccc3)c(F)ccc12. The highest BCUT2D eigenvalue weighted by molar-refractivity contribution is 7.99. The molecule has 0 saturated heterocycles. The summed E-state index contributed by atoms with van der Waals surface area (Å²) in [6.45, 7) is 2.06. The minimum atomic E-state index is -0.141. The van der Waals surface area contributed by atoms with E-state index in [0.29, 0.717) is 0 Å². The Morgan fingerprint density at radius 3 is 2.61 bits per heavy atom. The monoisotopic (exact) mass is 274 g/mol. The normalized spacial score (nSPS) is 11.0. The van der Waals surface area contributed by atoms with Gasteiger partial charge in [0.15, 0.2) is 0 Å². The van der Waals surface area contributed by atoms with Gasteiger partial charge in [0.25, 0.3) is 0 Å². The number of hydrogen-bond acceptors (Lipinski definition) is 2. The van der Waals surface area contributed by atoms with Crippen LogP contribution in [0.2, 0.25) is 0 Å². The molecule has 90 valence electrons. The van der Waals surface area contributed by atoms with E-state index in [1.165, 1.54) is 17.3 Å².